The number of sulfonamides is 1. The van der Waals surface area contributed by atoms with Gasteiger partial charge in [-0.05, 0) is 12.1 Å². The van der Waals surface area contributed by atoms with Gasteiger partial charge in [-0.1, -0.05) is 12.1 Å². The summed E-state index contributed by atoms with van der Waals surface area (Å²) in [7, 11) is -0.397. The van der Waals surface area contributed by atoms with Crippen LogP contribution in [-0.2, 0) is 10.0 Å². The van der Waals surface area contributed by atoms with Crippen molar-refractivity contribution >= 4 is 21.6 Å². The first kappa shape index (κ1) is 14.5. The van der Waals surface area contributed by atoms with Gasteiger partial charge in [-0.25, -0.2) is 12.7 Å². The second-order valence-corrected chi connectivity index (χ2v) is 6.24. The predicted octanol–water partition coefficient (Wildman–Crippen LogP) is -0.110. The lowest BCUT2D eigenvalue weighted by atomic mass is 10.2. The SMILES string of the molecule is CN(C)S(=O)(=O)CCNC(=O)c1ccccc1N. The minimum Gasteiger partial charge on any atom is -0.398 e. The fourth-order valence-corrected chi connectivity index (χ4v) is 2.00. The van der Waals surface area contributed by atoms with Crippen LogP contribution in [0.1, 0.15) is 10.4 Å². The Morgan fingerprint density at radius 2 is 1.94 bits per heavy atom. The van der Waals surface area contributed by atoms with Crippen molar-refractivity contribution < 1.29 is 13.2 Å². The third-order valence-electron chi connectivity index (χ3n) is 2.41. The monoisotopic (exact) mass is 271 g/mol. The van der Waals surface area contributed by atoms with Crippen LogP contribution >= 0.6 is 0 Å². The third kappa shape index (κ3) is 3.71. The summed E-state index contributed by atoms with van der Waals surface area (Å²) in [6, 6.07) is 6.63. The van der Waals surface area contributed by atoms with Crippen molar-refractivity contribution in [2.45, 2.75) is 0 Å². The first-order chi connectivity index (χ1) is 8.34. The molecule has 0 aromatic heterocycles. The zero-order chi connectivity index (χ0) is 13.8. The Kier molecular flexibility index (Phi) is 4.69. The lowest BCUT2D eigenvalue weighted by Crippen LogP contribution is -2.34. The van der Waals surface area contributed by atoms with Crippen molar-refractivity contribution in [3.8, 4) is 0 Å². The van der Waals surface area contributed by atoms with E-state index in [2.05, 4.69) is 5.32 Å². The Morgan fingerprint density at radius 3 is 2.50 bits per heavy atom. The maximum atomic E-state index is 11.7. The number of nitrogens with two attached hydrogens (primary N) is 1. The number of nitrogens with zero attached hydrogens (tertiary/aromatic N) is 1. The standard InChI is InChI=1S/C11H17N3O3S/c1-14(2)18(16,17)8-7-13-11(15)9-5-3-4-6-10(9)12/h3-6H,7-8,12H2,1-2H3,(H,13,15). The Balaban J connectivity index is 2.56. The number of carbonyl (C=O) groups is 1. The molecule has 0 saturated heterocycles. The highest BCUT2D eigenvalue weighted by Crippen LogP contribution is 2.09. The molecule has 0 radical (unpaired) electrons. The van der Waals surface area contributed by atoms with Gasteiger partial charge in [0, 0.05) is 26.3 Å². The van der Waals surface area contributed by atoms with Crippen LogP contribution in [0.5, 0.6) is 0 Å². The van der Waals surface area contributed by atoms with Crippen LogP contribution in [0.4, 0.5) is 5.69 Å². The van der Waals surface area contributed by atoms with E-state index in [1.165, 1.54) is 14.1 Å². The van der Waals surface area contributed by atoms with Crippen LogP contribution in [0.25, 0.3) is 0 Å². The summed E-state index contributed by atoms with van der Waals surface area (Å²) in [6.07, 6.45) is 0. The molecular weight excluding hydrogens is 254 g/mol. The molecule has 100 valence electrons. The summed E-state index contributed by atoms with van der Waals surface area (Å²) >= 11 is 0. The molecule has 1 amide bonds. The number of hydrogen-bond donors (Lipinski definition) is 2. The first-order valence-corrected chi connectivity index (χ1v) is 6.98. The molecule has 0 saturated carbocycles. The number of nitrogens with one attached hydrogen (secondary N) is 1. The molecule has 0 aliphatic rings. The highest BCUT2D eigenvalue weighted by atomic mass is 32.2. The van der Waals surface area contributed by atoms with E-state index in [0.717, 1.165) is 4.31 Å². The molecule has 0 spiro atoms. The Labute approximate surface area is 107 Å². The van der Waals surface area contributed by atoms with E-state index in [1.807, 2.05) is 0 Å². The van der Waals surface area contributed by atoms with E-state index in [0.29, 0.717) is 11.3 Å². The van der Waals surface area contributed by atoms with Crippen LogP contribution in [0.2, 0.25) is 0 Å². The van der Waals surface area contributed by atoms with Crippen molar-refractivity contribution in [2.24, 2.45) is 0 Å². The van der Waals surface area contributed by atoms with Gasteiger partial charge < -0.3 is 11.1 Å². The van der Waals surface area contributed by atoms with Crippen molar-refractivity contribution in [3.63, 3.8) is 0 Å². The highest BCUT2D eigenvalue weighted by molar-refractivity contribution is 7.89. The number of anilines is 1. The molecular formula is C11H17N3O3S. The molecule has 1 aromatic carbocycles. The molecule has 0 heterocycles. The predicted molar refractivity (Wildman–Crippen MR) is 70.7 cm³/mol. The van der Waals surface area contributed by atoms with Gasteiger partial charge >= 0.3 is 0 Å². The zero-order valence-electron chi connectivity index (χ0n) is 10.4. The van der Waals surface area contributed by atoms with Gasteiger partial charge in [0.1, 0.15) is 0 Å². The Morgan fingerprint density at radius 1 is 1.33 bits per heavy atom. The minimum atomic E-state index is -3.30. The molecule has 0 aliphatic heterocycles. The summed E-state index contributed by atoms with van der Waals surface area (Å²) in [6.45, 7) is 0.0493. The van der Waals surface area contributed by atoms with E-state index >= 15 is 0 Å². The number of amides is 1. The third-order valence-corrected chi connectivity index (χ3v) is 4.24. The van der Waals surface area contributed by atoms with Crippen LogP contribution in [0, 0.1) is 0 Å². The van der Waals surface area contributed by atoms with Gasteiger partial charge in [0.15, 0.2) is 0 Å². The lowest BCUT2D eigenvalue weighted by molar-refractivity contribution is 0.0957. The molecule has 1 aromatic rings. The van der Waals surface area contributed by atoms with E-state index in [1.54, 1.807) is 24.3 Å². The number of carbonyl (C=O) groups excluding carboxylic acids is 1. The van der Waals surface area contributed by atoms with Crippen molar-refractivity contribution in [2.75, 3.05) is 32.1 Å². The molecule has 18 heavy (non-hydrogen) atoms. The molecule has 0 atom stereocenters. The first-order valence-electron chi connectivity index (χ1n) is 5.37. The Hall–Kier alpha value is -1.60. The van der Waals surface area contributed by atoms with Crippen molar-refractivity contribution in [1.82, 2.24) is 9.62 Å². The van der Waals surface area contributed by atoms with Gasteiger partial charge in [-0.15, -0.1) is 0 Å². The second kappa shape index (κ2) is 5.83. The topological polar surface area (TPSA) is 92.5 Å². The normalized spacial score (nSPS) is 11.5. The van der Waals surface area contributed by atoms with Gasteiger partial charge in [-0.3, -0.25) is 4.79 Å². The summed E-state index contributed by atoms with van der Waals surface area (Å²) in [5, 5.41) is 2.53. The van der Waals surface area contributed by atoms with E-state index < -0.39 is 10.0 Å². The minimum absolute atomic E-state index is 0.0493. The van der Waals surface area contributed by atoms with Gasteiger partial charge in [0.2, 0.25) is 10.0 Å². The summed E-state index contributed by atoms with van der Waals surface area (Å²) < 4.78 is 24.1. The average Bonchev–Trinajstić information content (AvgIpc) is 2.29. The summed E-state index contributed by atoms with van der Waals surface area (Å²) in [5.74, 6) is -0.513. The zero-order valence-corrected chi connectivity index (χ0v) is 11.2. The van der Waals surface area contributed by atoms with Crippen LogP contribution in [-0.4, -0.2) is 45.0 Å². The summed E-state index contributed by atoms with van der Waals surface area (Å²) in [4.78, 5) is 11.7. The molecule has 0 fully saturated rings. The Bertz CT molecular complexity index is 526. The fraction of sp³-hybridized carbons (Fsp3) is 0.364. The van der Waals surface area contributed by atoms with Crippen LogP contribution in [0.3, 0.4) is 0 Å². The molecule has 0 unspecified atom stereocenters. The van der Waals surface area contributed by atoms with E-state index in [4.69, 9.17) is 5.73 Å². The van der Waals surface area contributed by atoms with Crippen molar-refractivity contribution in [1.29, 1.82) is 0 Å². The second-order valence-electron chi connectivity index (χ2n) is 3.94. The van der Waals surface area contributed by atoms with E-state index in [-0.39, 0.29) is 18.2 Å². The smallest absolute Gasteiger partial charge is 0.253 e. The highest BCUT2D eigenvalue weighted by Gasteiger charge is 2.14. The van der Waals surface area contributed by atoms with Gasteiger partial charge in [0.25, 0.3) is 5.91 Å². The largest absolute Gasteiger partial charge is 0.398 e. The summed E-state index contributed by atoms with van der Waals surface area (Å²) in [5.41, 5.74) is 6.35. The number of hydrogen-bond acceptors (Lipinski definition) is 4. The quantitative estimate of drug-likeness (QED) is 0.731. The average molecular weight is 271 g/mol. The maximum absolute atomic E-state index is 11.7. The molecule has 7 heteroatoms. The lowest BCUT2D eigenvalue weighted by Gasteiger charge is -2.12. The molecule has 6 nitrogen and oxygen atoms in total. The van der Waals surface area contributed by atoms with Crippen LogP contribution < -0.4 is 11.1 Å². The number of rotatable bonds is 5. The van der Waals surface area contributed by atoms with Gasteiger partial charge in [0.05, 0.1) is 11.3 Å². The van der Waals surface area contributed by atoms with Gasteiger partial charge in [-0.2, -0.15) is 0 Å². The number of para-hydroxylation sites is 1. The van der Waals surface area contributed by atoms with Crippen LogP contribution in [0.15, 0.2) is 24.3 Å². The number of nitrogen functional groups attached to an aromatic ring is 1. The fourth-order valence-electron chi connectivity index (χ4n) is 1.28. The molecule has 3 N–H and O–H groups in total. The maximum Gasteiger partial charge on any atom is 0.253 e. The molecule has 0 aliphatic carbocycles. The van der Waals surface area contributed by atoms with Crippen molar-refractivity contribution in [3.05, 3.63) is 29.8 Å². The molecule has 1 rings (SSSR count). The van der Waals surface area contributed by atoms with E-state index in [9.17, 15) is 13.2 Å². The number of benzene rings is 1. The molecule has 0 bridgehead atoms.